The molecule has 1 fully saturated rings. The van der Waals surface area contributed by atoms with Crippen LogP contribution in [0.4, 0.5) is 13.2 Å². The zero-order valence-electron chi connectivity index (χ0n) is 15.1. The highest BCUT2D eigenvalue weighted by molar-refractivity contribution is 5.76. The molecule has 3 rings (SSSR count). The average Bonchev–Trinajstić information content (AvgIpc) is 3.11. The van der Waals surface area contributed by atoms with Crippen LogP contribution in [0.3, 0.4) is 0 Å². The van der Waals surface area contributed by atoms with E-state index in [1.54, 1.807) is 0 Å². The molecule has 0 bridgehead atoms. The summed E-state index contributed by atoms with van der Waals surface area (Å²) in [6, 6.07) is 5.88. The maximum Gasteiger partial charge on any atom is 0.411 e. The smallest absolute Gasteiger partial charge is 0.411 e. The van der Waals surface area contributed by atoms with Crippen molar-refractivity contribution in [1.29, 1.82) is 0 Å². The molecular formula is C19H24F3NO4. The first-order chi connectivity index (χ1) is 12.9. The fourth-order valence-electron chi connectivity index (χ4n) is 3.73. The molecule has 0 saturated heterocycles. The Hall–Kier alpha value is -1.96. The van der Waals surface area contributed by atoms with E-state index in [4.69, 9.17) is 9.47 Å². The van der Waals surface area contributed by atoms with Gasteiger partial charge in [0.2, 0.25) is 12.7 Å². The minimum absolute atomic E-state index is 0.0900. The van der Waals surface area contributed by atoms with E-state index in [1.165, 1.54) is 0 Å². The number of alkyl halides is 3. The van der Waals surface area contributed by atoms with Gasteiger partial charge in [-0.25, -0.2) is 0 Å². The highest BCUT2D eigenvalue weighted by Crippen LogP contribution is 2.43. The highest BCUT2D eigenvalue weighted by atomic mass is 19.4. The molecule has 0 radical (unpaired) electrons. The molecule has 1 aliphatic carbocycles. The van der Waals surface area contributed by atoms with Gasteiger partial charge >= 0.3 is 6.18 Å². The number of fused-ring (bicyclic) bond motifs is 1. The zero-order valence-corrected chi connectivity index (χ0v) is 15.1. The number of hydrogen-bond donors (Lipinski definition) is 1. The van der Waals surface area contributed by atoms with Crippen molar-refractivity contribution in [3.8, 4) is 11.5 Å². The average molecular weight is 387 g/mol. The van der Waals surface area contributed by atoms with Gasteiger partial charge in [-0.3, -0.25) is 4.79 Å². The van der Waals surface area contributed by atoms with E-state index in [-0.39, 0.29) is 31.1 Å². The normalized spacial score (nSPS) is 18.3. The summed E-state index contributed by atoms with van der Waals surface area (Å²) in [5, 5.41) is 2.88. The lowest BCUT2D eigenvalue weighted by molar-refractivity contribution is -0.174. The second-order valence-corrected chi connectivity index (χ2v) is 7.10. The van der Waals surface area contributed by atoms with Gasteiger partial charge < -0.3 is 19.5 Å². The van der Waals surface area contributed by atoms with Crippen LogP contribution in [0.25, 0.3) is 0 Å². The molecular weight excluding hydrogens is 363 g/mol. The van der Waals surface area contributed by atoms with Crippen LogP contribution in [0.5, 0.6) is 11.5 Å². The van der Waals surface area contributed by atoms with Crippen LogP contribution in [0, 0.1) is 0 Å². The minimum atomic E-state index is -4.37. The van der Waals surface area contributed by atoms with Gasteiger partial charge in [0.25, 0.3) is 0 Å². The van der Waals surface area contributed by atoms with E-state index >= 15 is 0 Å². The molecule has 8 heteroatoms. The van der Waals surface area contributed by atoms with Crippen LogP contribution < -0.4 is 14.8 Å². The van der Waals surface area contributed by atoms with Gasteiger partial charge in [0, 0.05) is 18.4 Å². The first-order valence-electron chi connectivity index (χ1n) is 9.19. The number of carbonyl (C=O) groups is 1. The first-order valence-corrected chi connectivity index (χ1v) is 9.19. The summed E-state index contributed by atoms with van der Waals surface area (Å²) in [4.78, 5) is 12.1. The molecule has 1 heterocycles. The Morgan fingerprint density at radius 1 is 1.15 bits per heavy atom. The number of amides is 1. The van der Waals surface area contributed by atoms with Gasteiger partial charge in [0.05, 0.1) is 6.61 Å². The van der Waals surface area contributed by atoms with Crippen molar-refractivity contribution in [2.45, 2.75) is 50.1 Å². The summed E-state index contributed by atoms with van der Waals surface area (Å²) >= 11 is 0. The molecule has 0 spiro atoms. The molecule has 0 atom stereocenters. The number of halogens is 3. The lowest BCUT2D eigenvalue weighted by atomic mass is 9.69. The van der Waals surface area contributed by atoms with Crippen molar-refractivity contribution >= 4 is 5.91 Å². The van der Waals surface area contributed by atoms with Gasteiger partial charge in [-0.15, -0.1) is 0 Å². The third-order valence-electron chi connectivity index (χ3n) is 5.16. The predicted molar refractivity (Wildman–Crippen MR) is 91.8 cm³/mol. The standard InChI is InChI=1S/C19H24F3NO4/c20-19(21,22)12-25-9-6-17(24)23-11-18(7-2-1-3-8-18)14-4-5-15-16(10-14)27-13-26-15/h4-5,10H,1-3,6-9,11-13H2,(H,23,24). The third-order valence-corrected chi connectivity index (χ3v) is 5.16. The van der Waals surface area contributed by atoms with Gasteiger partial charge in [0.1, 0.15) is 6.61 Å². The van der Waals surface area contributed by atoms with Crippen LogP contribution in [-0.2, 0) is 14.9 Å². The van der Waals surface area contributed by atoms with Crippen molar-refractivity contribution in [2.24, 2.45) is 0 Å². The number of carbonyl (C=O) groups excluding carboxylic acids is 1. The summed E-state index contributed by atoms with van der Waals surface area (Å²) in [6.45, 7) is -0.922. The fourth-order valence-corrected chi connectivity index (χ4v) is 3.73. The predicted octanol–water partition coefficient (Wildman–Crippen LogP) is 3.70. The molecule has 2 aliphatic rings. The van der Waals surface area contributed by atoms with E-state index in [9.17, 15) is 18.0 Å². The zero-order chi connectivity index (χ0) is 19.3. The molecule has 1 saturated carbocycles. The summed E-state index contributed by atoms with van der Waals surface area (Å²) < 4.78 is 51.5. The van der Waals surface area contributed by atoms with Gasteiger partial charge in [-0.05, 0) is 30.5 Å². The summed E-state index contributed by atoms with van der Waals surface area (Å²) in [5.74, 6) is 1.13. The summed E-state index contributed by atoms with van der Waals surface area (Å²) in [6.07, 6.45) is 0.716. The van der Waals surface area contributed by atoms with Crippen molar-refractivity contribution in [2.75, 3.05) is 26.6 Å². The van der Waals surface area contributed by atoms with E-state index in [1.807, 2.05) is 18.2 Å². The molecule has 27 heavy (non-hydrogen) atoms. The minimum Gasteiger partial charge on any atom is -0.454 e. The number of hydrogen-bond acceptors (Lipinski definition) is 4. The molecule has 150 valence electrons. The number of rotatable bonds is 7. The molecule has 0 unspecified atom stereocenters. The molecule has 0 aromatic heterocycles. The van der Waals surface area contributed by atoms with Crippen LogP contribution in [0.2, 0.25) is 0 Å². The second-order valence-electron chi connectivity index (χ2n) is 7.10. The Morgan fingerprint density at radius 3 is 2.63 bits per heavy atom. The molecule has 1 aliphatic heterocycles. The van der Waals surface area contributed by atoms with E-state index < -0.39 is 12.8 Å². The van der Waals surface area contributed by atoms with Crippen molar-refractivity contribution in [3.05, 3.63) is 23.8 Å². The third kappa shape index (κ3) is 5.28. The van der Waals surface area contributed by atoms with Crippen molar-refractivity contribution in [1.82, 2.24) is 5.32 Å². The number of ether oxygens (including phenoxy) is 3. The maximum atomic E-state index is 12.1. The Morgan fingerprint density at radius 2 is 1.89 bits per heavy atom. The lowest BCUT2D eigenvalue weighted by Crippen LogP contribution is -2.42. The summed E-state index contributed by atoms with van der Waals surface area (Å²) in [7, 11) is 0. The maximum absolute atomic E-state index is 12.1. The Kier molecular flexibility index (Phi) is 6.14. The molecule has 1 aromatic rings. The summed E-state index contributed by atoms with van der Waals surface area (Å²) in [5.41, 5.74) is 0.905. The van der Waals surface area contributed by atoms with E-state index in [2.05, 4.69) is 10.1 Å². The monoisotopic (exact) mass is 387 g/mol. The lowest BCUT2D eigenvalue weighted by Gasteiger charge is -2.38. The van der Waals surface area contributed by atoms with Crippen LogP contribution in [-0.4, -0.2) is 38.6 Å². The van der Waals surface area contributed by atoms with Crippen LogP contribution in [0.1, 0.15) is 44.1 Å². The highest BCUT2D eigenvalue weighted by Gasteiger charge is 2.35. The van der Waals surface area contributed by atoms with E-state index in [0.29, 0.717) is 12.3 Å². The SMILES string of the molecule is O=C(CCOCC(F)(F)F)NCC1(c2ccc3c(c2)OCO3)CCCCC1. The van der Waals surface area contributed by atoms with Crippen molar-refractivity contribution in [3.63, 3.8) is 0 Å². The van der Waals surface area contributed by atoms with Crippen LogP contribution >= 0.6 is 0 Å². The quantitative estimate of drug-likeness (QED) is 0.725. The number of benzene rings is 1. The molecule has 1 amide bonds. The molecule has 1 aromatic carbocycles. The topological polar surface area (TPSA) is 56.8 Å². The van der Waals surface area contributed by atoms with Gasteiger partial charge in [-0.1, -0.05) is 25.3 Å². The number of nitrogens with one attached hydrogen (secondary N) is 1. The largest absolute Gasteiger partial charge is 0.454 e. The van der Waals surface area contributed by atoms with Crippen molar-refractivity contribution < 1.29 is 32.2 Å². The Balaban J connectivity index is 1.58. The Bertz CT molecular complexity index is 657. The van der Waals surface area contributed by atoms with E-state index in [0.717, 1.165) is 43.4 Å². The fraction of sp³-hybridized carbons (Fsp3) is 0.632. The van der Waals surface area contributed by atoms with Gasteiger partial charge in [-0.2, -0.15) is 13.2 Å². The first kappa shape index (κ1) is 19.8. The molecule has 1 N–H and O–H groups in total. The van der Waals surface area contributed by atoms with Crippen LogP contribution in [0.15, 0.2) is 18.2 Å². The second kappa shape index (κ2) is 8.37. The van der Waals surface area contributed by atoms with Gasteiger partial charge in [0.15, 0.2) is 11.5 Å². The molecule has 5 nitrogen and oxygen atoms in total. The Labute approximate surface area is 156 Å².